The maximum absolute atomic E-state index is 12.2. The standard InChI is InChI=1S/C16H16N2O4/c19-13(20)6-3-9-17-16(21)14-12-8-7-10-4-1-2-5-11(10)15(12)22-18-14/h1-2,4-5H,3,6-9H2,(H,17,21)(H,19,20). The van der Waals surface area contributed by atoms with E-state index in [4.69, 9.17) is 9.63 Å². The van der Waals surface area contributed by atoms with Crippen LogP contribution >= 0.6 is 0 Å². The van der Waals surface area contributed by atoms with Crippen LogP contribution < -0.4 is 5.32 Å². The molecule has 22 heavy (non-hydrogen) atoms. The zero-order chi connectivity index (χ0) is 15.5. The van der Waals surface area contributed by atoms with Gasteiger partial charge in [0.15, 0.2) is 11.5 Å². The summed E-state index contributed by atoms with van der Waals surface area (Å²) >= 11 is 0. The van der Waals surface area contributed by atoms with Crippen LogP contribution in [-0.4, -0.2) is 28.7 Å². The second-order valence-electron chi connectivity index (χ2n) is 5.25. The number of rotatable bonds is 5. The predicted molar refractivity (Wildman–Crippen MR) is 78.6 cm³/mol. The molecule has 2 N–H and O–H groups in total. The van der Waals surface area contributed by atoms with Crippen molar-refractivity contribution in [2.75, 3.05) is 6.54 Å². The molecule has 0 radical (unpaired) electrons. The average molecular weight is 300 g/mol. The van der Waals surface area contributed by atoms with Crippen molar-refractivity contribution in [1.29, 1.82) is 0 Å². The molecule has 1 aliphatic carbocycles. The number of carbonyl (C=O) groups excluding carboxylic acids is 1. The Bertz CT molecular complexity index is 721. The van der Waals surface area contributed by atoms with Crippen LogP contribution in [-0.2, 0) is 17.6 Å². The van der Waals surface area contributed by atoms with E-state index in [0.29, 0.717) is 30.8 Å². The van der Waals surface area contributed by atoms with Gasteiger partial charge in [-0.2, -0.15) is 0 Å². The smallest absolute Gasteiger partial charge is 0.303 e. The van der Waals surface area contributed by atoms with E-state index >= 15 is 0 Å². The number of carboxylic acids is 1. The van der Waals surface area contributed by atoms with Crippen LogP contribution in [0.1, 0.15) is 34.5 Å². The molecule has 0 unspecified atom stereocenters. The summed E-state index contributed by atoms with van der Waals surface area (Å²) in [6, 6.07) is 7.93. The minimum Gasteiger partial charge on any atom is -0.481 e. The van der Waals surface area contributed by atoms with Crippen molar-refractivity contribution in [3.8, 4) is 11.3 Å². The molecule has 0 bridgehead atoms. The molecule has 0 saturated carbocycles. The Morgan fingerprint density at radius 1 is 1.27 bits per heavy atom. The molecule has 0 saturated heterocycles. The highest BCUT2D eigenvalue weighted by Crippen LogP contribution is 2.34. The van der Waals surface area contributed by atoms with Crippen LogP contribution in [0.2, 0.25) is 0 Å². The third-order valence-corrected chi connectivity index (χ3v) is 3.76. The molecule has 2 aromatic rings. The normalized spacial score (nSPS) is 12.4. The monoisotopic (exact) mass is 300 g/mol. The van der Waals surface area contributed by atoms with Gasteiger partial charge in [-0.25, -0.2) is 0 Å². The largest absolute Gasteiger partial charge is 0.481 e. The molecule has 1 amide bonds. The quantitative estimate of drug-likeness (QED) is 0.824. The first-order valence-electron chi connectivity index (χ1n) is 7.23. The van der Waals surface area contributed by atoms with Crippen molar-refractivity contribution in [1.82, 2.24) is 10.5 Å². The van der Waals surface area contributed by atoms with E-state index in [0.717, 1.165) is 17.5 Å². The van der Waals surface area contributed by atoms with E-state index in [-0.39, 0.29) is 12.3 Å². The van der Waals surface area contributed by atoms with E-state index in [1.807, 2.05) is 24.3 Å². The van der Waals surface area contributed by atoms with Gasteiger partial charge < -0.3 is 14.9 Å². The number of nitrogens with zero attached hydrogens (tertiary/aromatic N) is 1. The van der Waals surface area contributed by atoms with Crippen LogP contribution in [0.3, 0.4) is 0 Å². The Labute approximate surface area is 127 Å². The Balaban J connectivity index is 1.74. The van der Waals surface area contributed by atoms with Gasteiger partial charge in [0.1, 0.15) is 0 Å². The Hall–Kier alpha value is -2.63. The number of hydrogen-bond donors (Lipinski definition) is 2. The molecular formula is C16H16N2O4. The second-order valence-corrected chi connectivity index (χ2v) is 5.25. The summed E-state index contributed by atoms with van der Waals surface area (Å²) in [7, 11) is 0. The minimum absolute atomic E-state index is 0.0323. The van der Waals surface area contributed by atoms with Gasteiger partial charge in [-0.3, -0.25) is 9.59 Å². The van der Waals surface area contributed by atoms with Gasteiger partial charge in [-0.15, -0.1) is 0 Å². The topological polar surface area (TPSA) is 92.4 Å². The molecule has 6 nitrogen and oxygen atoms in total. The molecule has 6 heteroatoms. The first-order valence-corrected chi connectivity index (χ1v) is 7.23. The van der Waals surface area contributed by atoms with Crippen molar-refractivity contribution in [3.05, 3.63) is 41.1 Å². The number of aromatic nitrogens is 1. The summed E-state index contributed by atoms with van der Waals surface area (Å²) in [5.41, 5.74) is 3.31. The number of amides is 1. The Kier molecular flexibility index (Phi) is 3.91. The molecule has 1 heterocycles. The van der Waals surface area contributed by atoms with Crippen LogP contribution in [0.5, 0.6) is 0 Å². The highest BCUT2D eigenvalue weighted by molar-refractivity contribution is 5.95. The second kappa shape index (κ2) is 6.01. The number of nitrogens with one attached hydrogen (secondary N) is 1. The summed E-state index contributed by atoms with van der Waals surface area (Å²) in [5, 5.41) is 15.2. The molecule has 1 aromatic heterocycles. The van der Waals surface area contributed by atoms with Crippen molar-refractivity contribution < 1.29 is 19.2 Å². The Morgan fingerprint density at radius 3 is 2.91 bits per heavy atom. The lowest BCUT2D eigenvalue weighted by Crippen LogP contribution is -2.26. The van der Waals surface area contributed by atoms with E-state index in [1.54, 1.807) is 0 Å². The van der Waals surface area contributed by atoms with Gasteiger partial charge in [0.25, 0.3) is 5.91 Å². The number of benzene rings is 1. The van der Waals surface area contributed by atoms with E-state index in [1.165, 1.54) is 5.56 Å². The summed E-state index contributed by atoms with van der Waals surface area (Å²) in [4.78, 5) is 22.6. The lowest BCUT2D eigenvalue weighted by Gasteiger charge is -2.14. The van der Waals surface area contributed by atoms with E-state index < -0.39 is 5.97 Å². The molecule has 0 fully saturated rings. The van der Waals surface area contributed by atoms with Crippen molar-refractivity contribution >= 4 is 11.9 Å². The molecule has 0 aliphatic heterocycles. The molecule has 1 aromatic carbocycles. The fourth-order valence-corrected chi connectivity index (χ4v) is 2.68. The number of aliphatic carboxylic acids is 1. The fraction of sp³-hybridized carbons (Fsp3) is 0.312. The number of hydrogen-bond acceptors (Lipinski definition) is 4. The van der Waals surface area contributed by atoms with Gasteiger partial charge in [0.05, 0.1) is 0 Å². The minimum atomic E-state index is -0.871. The molecule has 1 aliphatic rings. The first-order chi connectivity index (χ1) is 10.7. The highest BCUT2D eigenvalue weighted by atomic mass is 16.5. The summed E-state index contributed by atoms with van der Waals surface area (Å²) in [5.74, 6) is -0.517. The van der Waals surface area contributed by atoms with Gasteiger partial charge in [0.2, 0.25) is 0 Å². The van der Waals surface area contributed by atoms with Crippen molar-refractivity contribution in [3.63, 3.8) is 0 Å². The molecule has 0 spiro atoms. The van der Waals surface area contributed by atoms with Crippen molar-refractivity contribution in [2.24, 2.45) is 0 Å². The molecule has 0 atom stereocenters. The van der Waals surface area contributed by atoms with Gasteiger partial charge >= 0.3 is 5.97 Å². The number of carbonyl (C=O) groups is 2. The fourth-order valence-electron chi connectivity index (χ4n) is 2.68. The summed E-state index contributed by atoms with van der Waals surface area (Å²) < 4.78 is 5.37. The van der Waals surface area contributed by atoms with Crippen LogP contribution in [0, 0.1) is 0 Å². The maximum atomic E-state index is 12.2. The zero-order valence-electron chi connectivity index (χ0n) is 12.0. The molecule has 114 valence electrons. The van der Waals surface area contributed by atoms with Crippen LogP contribution in [0.25, 0.3) is 11.3 Å². The third-order valence-electron chi connectivity index (χ3n) is 3.76. The third kappa shape index (κ3) is 2.72. The molecular weight excluding hydrogens is 284 g/mol. The highest BCUT2D eigenvalue weighted by Gasteiger charge is 2.27. The lowest BCUT2D eigenvalue weighted by molar-refractivity contribution is -0.137. The zero-order valence-corrected chi connectivity index (χ0v) is 12.0. The SMILES string of the molecule is O=C(O)CCCNC(=O)c1noc2c1CCc1ccccc1-2. The van der Waals surface area contributed by atoms with Gasteiger partial charge in [0, 0.05) is 24.1 Å². The number of fused-ring (bicyclic) bond motifs is 3. The lowest BCUT2D eigenvalue weighted by atomic mass is 9.89. The summed E-state index contributed by atoms with van der Waals surface area (Å²) in [6.07, 6.45) is 1.99. The maximum Gasteiger partial charge on any atom is 0.303 e. The summed E-state index contributed by atoms with van der Waals surface area (Å²) in [6.45, 7) is 0.309. The van der Waals surface area contributed by atoms with E-state index in [9.17, 15) is 9.59 Å². The number of aryl methyl sites for hydroxylation is 1. The Morgan fingerprint density at radius 2 is 2.09 bits per heavy atom. The molecule has 3 rings (SSSR count). The van der Waals surface area contributed by atoms with Crippen LogP contribution in [0.15, 0.2) is 28.8 Å². The van der Waals surface area contributed by atoms with Crippen LogP contribution in [0.4, 0.5) is 0 Å². The van der Waals surface area contributed by atoms with Crippen molar-refractivity contribution in [2.45, 2.75) is 25.7 Å². The number of carboxylic acid groups (broad SMARTS) is 1. The van der Waals surface area contributed by atoms with Gasteiger partial charge in [-0.1, -0.05) is 29.4 Å². The first kappa shape index (κ1) is 14.3. The predicted octanol–water partition coefficient (Wildman–Crippen LogP) is 2.03. The van der Waals surface area contributed by atoms with Gasteiger partial charge in [-0.05, 0) is 24.8 Å². The average Bonchev–Trinajstić information content (AvgIpc) is 2.95. The van der Waals surface area contributed by atoms with E-state index in [2.05, 4.69) is 10.5 Å².